The van der Waals surface area contributed by atoms with Crippen LogP contribution in [0.15, 0.2) is 60.7 Å². The standard InChI is InChI=1S/C15H18O5.C13H18O3.C2H2O3.H2O/c1-3-13(20-14(17)10-16)9-11(2)19-15(18)12-7-5-4-6-8-12;1-3-12(14)9-10(2)16-13(15)11-7-5-4-6-8-11;3-1-2(4)5;/h4-8,10-11,13H,3,9H2,1-2H3;4-8,10,12,14H,3,9H2,1-2H3;1H,(H,4,5);1H2. The van der Waals surface area contributed by atoms with Crippen molar-refractivity contribution in [1.29, 1.82) is 0 Å². The molecule has 0 spiro atoms. The Balaban J connectivity index is 0. The minimum atomic E-state index is -1.43. The van der Waals surface area contributed by atoms with Gasteiger partial charge >= 0.3 is 23.9 Å². The number of carbonyl (C=O) groups is 6. The van der Waals surface area contributed by atoms with E-state index in [9.17, 15) is 24.3 Å². The molecule has 0 bridgehead atoms. The Morgan fingerprint density at radius 3 is 1.45 bits per heavy atom. The molecule has 0 fully saturated rings. The SMILES string of the molecule is CCC(CC(C)OC(=O)c1ccccc1)OC(=O)C=O.CCC(O)CC(C)OC(=O)c1ccccc1.O.O=CC(=O)O. The normalized spacial score (nSPS) is 12.4. The van der Waals surface area contributed by atoms with Crippen molar-refractivity contribution in [2.45, 2.75) is 77.8 Å². The number of hydrogen-bond acceptors (Lipinski definition) is 10. The number of benzene rings is 2. The van der Waals surface area contributed by atoms with Crippen LogP contribution < -0.4 is 0 Å². The average molecular weight is 593 g/mol. The topological polar surface area (TPSA) is 202 Å². The molecular formula is C30H40O12. The van der Waals surface area contributed by atoms with Crippen LogP contribution >= 0.6 is 0 Å². The molecule has 0 radical (unpaired) electrons. The van der Waals surface area contributed by atoms with Gasteiger partial charge < -0.3 is 29.9 Å². The molecule has 42 heavy (non-hydrogen) atoms. The molecule has 0 saturated carbocycles. The van der Waals surface area contributed by atoms with Gasteiger partial charge in [0.1, 0.15) is 18.3 Å². The quantitative estimate of drug-likeness (QED) is 0.150. The number of esters is 3. The maximum absolute atomic E-state index is 11.8. The number of aldehydes is 2. The second kappa shape index (κ2) is 23.3. The van der Waals surface area contributed by atoms with Crippen LogP contribution in [0.2, 0.25) is 0 Å². The lowest BCUT2D eigenvalue weighted by atomic mass is 10.1. The molecule has 0 heterocycles. The van der Waals surface area contributed by atoms with E-state index in [4.69, 9.17) is 28.9 Å². The van der Waals surface area contributed by atoms with Crippen LogP contribution in [0.25, 0.3) is 0 Å². The van der Waals surface area contributed by atoms with E-state index in [1.54, 1.807) is 62.4 Å². The third-order valence-corrected chi connectivity index (χ3v) is 5.24. The molecule has 4 N–H and O–H groups in total. The van der Waals surface area contributed by atoms with E-state index in [0.29, 0.717) is 36.8 Å². The molecule has 2 aromatic rings. The fraction of sp³-hybridized carbons (Fsp3) is 0.400. The third-order valence-electron chi connectivity index (χ3n) is 5.24. The first-order chi connectivity index (χ1) is 19.5. The van der Waals surface area contributed by atoms with E-state index in [1.165, 1.54) is 0 Å². The van der Waals surface area contributed by atoms with Crippen LogP contribution in [-0.4, -0.2) is 76.6 Å². The summed E-state index contributed by atoms with van der Waals surface area (Å²) < 4.78 is 15.4. The van der Waals surface area contributed by atoms with Gasteiger partial charge in [-0.25, -0.2) is 19.2 Å². The van der Waals surface area contributed by atoms with Crippen molar-refractivity contribution in [2.24, 2.45) is 0 Å². The molecule has 0 saturated heterocycles. The smallest absolute Gasteiger partial charge is 0.371 e. The van der Waals surface area contributed by atoms with Crippen molar-refractivity contribution < 1.29 is 58.7 Å². The van der Waals surface area contributed by atoms with E-state index >= 15 is 0 Å². The molecule has 4 unspecified atom stereocenters. The predicted octanol–water partition coefficient (Wildman–Crippen LogP) is 2.98. The summed E-state index contributed by atoms with van der Waals surface area (Å²) in [6.07, 6.45) is 0.507. The van der Waals surface area contributed by atoms with Crippen LogP contribution in [0.5, 0.6) is 0 Å². The van der Waals surface area contributed by atoms with E-state index in [2.05, 4.69) is 0 Å². The number of ether oxygens (including phenoxy) is 3. The van der Waals surface area contributed by atoms with Crippen molar-refractivity contribution in [3.8, 4) is 0 Å². The number of carboxylic acid groups (broad SMARTS) is 1. The highest BCUT2D eigenvalue weighted by Crippen LogP contribution is 2.12. The minimum Gasteiger partial charge on any atom is -0.476 e. The van der Waals surface area contributed by atoms with Crippen LogP contribution in [0.3, 0.4) is 0 Å². The Kier molecular flexibility index (Phi) is 22.0. The third kappa shape index (κ3) is 18.8. The highest BCUT2D eigenvalue weighted by molar-refractivity contribution is 6.20. The lowest BCUT2D eigenvalue weighted by Crippen LogP contribution is -2.25. The summed E-state index contributed by atoms with van der Waals surface area (Å²) in [6, 6.07) is 17.5. The first-order valence-electron chi connectivity index (χ1n) is 13.0. The first-order valence-corrected chi connectivity index (χ1v) is 13.0. The number of carboxylic acids is 1. The summed E-state index contributed by atoms with van der Waals surface area (Å²) in [5.74, 6) is -3.09. The van der Waals surface area contributed by atoms with Crippen LogP contribution in [0.4, 0.5) is 0 Å². The lowest BCUT2D eigenvalue weighted by Gasteiger charge is -2.19. The van der Waals surface area contributed by atoms with Gasteiger partial charge in [-0.05, 0) is 51.0 Å². The molecule has 0 aliphatic heterocycles. The Hall–Kier alpha value is -4.42. The summed E-state index contributed by atoms with van der Waals surface area (Å²) in [6.45, 7) is 7.24. The fourth-order valence-electron chi connectivity index (χ4n) is 3.16. The van der Waals surface area contributed by atoms with Crippen molar-refractivity contribution in [3.63, 3.8) is 0 Å². The summed E-state index contributed by atoms with van der Waals surface area (Å²) in [5.41, 5.74) is 1.01. The average Bonchev–Trinajstić information content (AvgIpc) is 2.97. The number of aliphatic hydroxyl groups excluding tert-OH is 1. The summed E-state index contributed by atoms with van der Waals surface area (Å²) in [7, 11) is 0. The molecule has 0 aliphatic carbocycles. The van der Waals surface area contributed by atoms with Gasteiger partial charge in [0, 0.05) is 12.8 Å². The first kappa shape index (κ1) is 39.7. The summed E-state index contributed by atoms with van der Waals surface area (Å²) >= 11 is 0. The van der Waals surface area contributed by atoms with E-state index in [1.807, 2.05) is 26.0 Å². The van der Waals surface area contributed by atoms with Crippen molar-refractivity contribution in [3.05, 3.63) is 71.8 Å². The van der Waals surface area contributed by atoms with Gasteiger partial charge in [0.25, 0.3) is 0 Å². The summed E-state index contributed by atoms with van der Waals surface area (Å²) in [4.78, 5) is 62.5. The Morgan fingerprint density at radius 1 is 0.714 bits per heavy atom. The molecule has 0 amide bonds. The zero-order chi connectivity index (χ0) is 31.2. The van der Waals surface area contributed by atoms with E-state index in [-0.39, 0.29) is 30.1 Å². The number of aliphatic hydroxyl groups is 1. The molecule has 12 nitrogen and oxygen atoms in total. The number of aliphatic carboxylic acids is 1. The van der Waals surface area contributed by atoms with Crippen molar-refractivity contribution in [1.82, 2.24) is 0 Å². The van der Waals surface area contributed by atoms with E-state index < -0.39 is 36.2 Å². The Labute approximate surface area is 244 Å². The summed E-state index contributed by atoms with van der Waals surface area (Å²) in [5, 5.41) is 16.8. The lowest BCUT2D eigenvalue weighted by molar-refractivity contribution is -0.154. The maximum atomic E-state index is 11.8. The Bertz CT molecular complexity index is 1070. The van der Waals surface area contributed by atoms with Crippen LogP contribution in [0, 0.1) is 0 Å². The minimum absolute atomic E-state index is 0. The molecular weight excluding hydrogens is 552 g/mol. The highest BCUT2D eigenvalue weighted by atomic mass is 16.6. The highest BCUT2D eigenvalue weighted by Gasteiger charge is 2.19. The Morgan fingerprint density at radius 2 is 1.12 bits per heavy atom. The van der Waals surface area contributed by atoms with Gasteiger partial charge in [0.15, 0.2) is 0 Å². The van der Waals surface area contributed by atoms with Gasteiger partial charge in [-0.1, -0.05) is 50.2 Å². The van der Waals surface area contributed by atoms with E-state index in [0.717, 1.165) is 0 Å². The van der Waals surface area contributed by atoms with Gasteiger partial charge in [0.05, 0.1) is 17.2 Å². The molecule has 232 valence electrons. The van der Waals surface area contributed by atoms with Gasteiger partial charge in [-0.15, -0.1) is 0 Å². The fourth-order valence-corrected chi connectivity index (χ4v) is 3.16. The zero-order valence-corrected chi connectivity index (χ0v) is 24.1. The van der Waals surface area contributed by atoms with Gasteiger partial charge in [-0.2, -0.15) is 0 Å². The molecule has 0 aromatic heterocycles. The second-order valence-corrected chi connectivity index (χ2v) is 8.74. The molecule has 2 aromatic carbocycles. The molecule has 4 atom stereocenters. The predicted molar refractivity (Wildman–Crippen MR) is 152 cm³/mol. The van der Waals surface area contributed by atoms with Crippen LogP contribution in [0.1, 0.15) is 74.1 Å². The number of rotatable bonds is 13. The van der Waals surface area contributed by atoms with Gasteiger partial charge in [0.2, 0.25) is 12.6 Å². The van der Waals surface area contributed by atoms with Gasteiger partial charge in [-0.3, -0.25) is 9.59 Å². The second-order valence-electron chi connectivity index (χ2n) is 8.74. The monoisotopic (exact) mass is 592 g/mol. The van der Waals surface area contributed by atoms with Crippen molar-refractivity contribution >= 4 is 36.4 Å². The maximum Gasteiger partial charge on any atom is 0.371 e. The molecule has 2 rings (SSSR count). The number of carbonyl (C=O) groups excluding carboxylic acids is 5. The van der Waals surface area contributed by atoms with Crippen LogP contribution in [-0.2, 0) is 33.4 Å². The number of hydrogen-bond donors (Lipinski definition) is 2. The molecule has 0 aliphatic rings. The largest absolute Gasteiger partial charge is 0.476 e. The van der Waals surface area contributed by atoms with Crippen molar-refractivity contribution in [2.75, 3.05) is 0 Å². The molecule has 12 heteroatoms. The zero-order valence-electron chi connectivity index (χ0n) is 24.1.